The first kappa shape index (κ1) is 10.7. The predicted octanol–water partition coefficient (Wildman–Crippen LogP) is 2.64. The Balaban J connectivity index is 2.85. The molecule has 0 aliphatic carbocycles. The van der Waals surface area contributed by atoms with Gasteiger partial charge < -0.3 is 9.47 Å². The summed E-state index contributed by atoms with van der Waals surface area (Å²) >= 11 is 5.89. The maximum atomic E-state index is 8.54. The van der Waals surface area contributed by atoms with E-state index in [1.54, 1.807) is 32.2 Å². The summed E-state index contributed by atoms with van der Waals surface area (Å²) < 4.78 is 10.2. The highest BCUT2D eigenvalue weighted by atomic mass is 35.5. The van der Waals surface area contributed by atoms with Gasteiger partial charge in [-0.1, -0.05) is 11.6 Å². The molecule has 4 heteroatoms. The Morgan fingerprint density at radius 2 is 2.21 bits per heavy atom. The molecule has 3 nitrogen and oxygen atoms in total. The Labute approximate surface area is 87.8 Å². The van der Waals surface area contributed by atoms with Crippen LogP contribution in [0.1, 0.15) is 6.92 Å². The van der Waals surface area contributed by atoms with Gasteiger partial charge in [0, 0.05) is 6.07 Å². The van der Waals surface area contributed by atoms with Gasteiger partial charge in [-0.15, -0.1) is 0 Å². The van der Waals surface area contributed by atoms with Gasteiger partial charge in [-0.3, -0.25) is 0 Å². The predicted molar refractivity (Wildman–Crippen MR) is 53.7 cm³/mol. The molecule has 74 valence electrons. The number of halogens is 1. The van der Waals surface area contributed by atoms with Gasteiger partial charge >= 0.3 is 0 Å². The summed E-state index contributed by atoms with van der Waals surface area (Å²) in [6.45, 7) is 1.65. The first-order valence-corrected chi connectivity index (χ1v) is 4.45. The molecule has 0 radical (unpaired) electrons. The molecule has 0 saturated heterocycles. The molecule has 0 aliphatic heterocycles. The molecule has 0 N–H and O–H groups in total. The Kier molecular flexibility index (Phi) is 3.61. The topological polar surface area (TPSA) is 42.2 Å². The van der Waals surface area contributed by atoms with Crippen molar-refractivity contribution >= 4 is 11.6 Å². The number of nitrogens with zero attached hydrogens (tertiary/aromatic N) is 1. The van der Waals surface area contributed by atoms with Gasteiger partial charge in [0.15, 0.2) is 6.10 Å². The number of rotatable bonds is 3. The minimum absolute atomic E-state index is 0.437. The quantitative estimate of drug-likeness (QED) is 0.772. The third-order valence-corrected chi connectivity index (χ3v) is 1.92. The second-order valence-electron chi connectivity index (χ2n) is 2.69. The second kappa shape index (κ2) is 4.73. The molecular weight excluding hydrogens is 202 g/mol. The lowest BCUT2D eigenvalue weighted by Gasteiger charge is -2.10. The van der Waals surface area contributed by atoms with E-state index in [-0.39, 0.29) is 0 Å². The summed E-state index contributed by atoms with van der Waals surface area (Å²) in [5.41, 5.74) is 0. The van der Waals surface area contributed by atoms with Crippen LogP contribution in [0.4, 0.5) is 0 Å². The van der Waals surface area contributed by atoms with E-state index in [0.29, 0.717) is 16.5 Å². The van der Waals surface area contributed by atoms with Crippen LogP contribution < -0.4 is 9.47 Å². The molecule has 0 fully saturated rings. The number of hydrogen-bond acceptors (Lipinski definition) is 3. The summed E-state index contributed by atoms with van der Waals surface area (Å²) in [5.74, 6) is 1.15. The summed E-state index contributed by atoms with van der Waals surface area (Å²) in [7, 11) is 1.56. The number of benzene rings is 1. The second-order valence-corrected chi connectivity index (χ2v) is 3.09. The fourth-order valence-electron chi connectivity index (χ4n) is 0.921. The zero-order valence-corrected chi connectivity index (χ0v) is 8.71. The van der Waals surface area contributed by atoms with Gasteiger partial charge in [0.1, 0.15) is 17.6 Å². The average Bonchev–Trinajstić information content (AvgIpc) is 2.20. The van der Waals surface area contributed by atoms with Crippen molar-refractivity contribution in [3.05, 3.63) is 23.2 Å². The van der Waals surface area contributed by atoms with Gasteiger partial charge in [-0.25, -0.2) is 0 Å². The molecule has 0 aromatic heterocycles. The first-order chi connectivity index (χ1) is 6.67. The number of nitriles is 1. The van der Waals surface area contributed by atoms with E-state index in [2.05, 4.69) is 0 Å². The van der Waals surface area contributed by atoms with Gasteiger partial charge in [0.25, 0.3) is 0 Å². The number of methoxy groups -OCH3 is 1. The van der Waals surface area contributed by atoms with Crippen molar-refractivity contribution in [1.29, 1.82) is 5.26 Å². The summed E-state index contributed by atoms with van der Waals surface area (Å²) in [6, 6.07) is 7.00. The number of ether oxygens (including phenoxy) is 2. The monoisotopic (exact) mass is 211 g/mol. The Bertz CT molecular complexity index is 360. The minimum atomic E-state index is -0.513. The van der Waals surface area contributed by atoms with Crippen LogP contribution in [-0.4, -0.2) is 13.2 Å². The highest BCUT2D eigenvalue weighted by Gasteiger charge is 2.06. The molecule has 0 saturated carbocycles. The minimum Gasteiger partial charge on any atom is -0.497 e. The average molecular weight is 212 g/mol. The van der Waals surface area contributed by atoms with Crippen LogP contribution in [0, 0.1) is 11.3 Å². The molecule has 1 aromatic carbocycles. The SMILES string of the molecule is COc1ccc(OC(C)C#N)c(Cl)c1. The lowest BCUT2D eigenvalue weighted by Crippen LogP contribution is -2.08. The summed E-state index contributed by atoms with van der Waals surface area (Å²) in [6.07, 6.45) is -0.513. The van der Waals surface area contributed by atoms with Crippen LogP contribution >= 0.6 is 11.6 Å². The fraction of sp³-hybridized carbons (Fsp3) is 0.300. The van der Waals surface area contributed by atoms with E-state index in [1.807, 2.05) is 6.07 Å². The summed E-state index contributed by atoms with van der Waals surface area (Å²) in [5, 5.41) is 8.98. The smallest absolute Gasteiger partial charge is 0.181 e. The standard InChI is InChI=1S/C10H10ClNO2/c1-7(6-12)14-10-4-3-8(13-2)5-9(10)11/h3-5,7H,1-2H3. The lowest BCUT2D eigenvalue weighted by atomic mass is 10.3. The molecule has 0 spiro atoms. The van der Waals surface area contributed by atoms with Crippen molar-refractivity contribution in [3.8, 4) is 17.6 Å². The molecule has 1 unspecified atom stereocenters. The lowest BCUT2D eigenvalue weighted by molar-refractivity contribution is 0.276. The molecule has 0 bridgehead atoms. The van der Waals surface area contributed by atoms with Crippen molar-refractivity contribution in [1.82, 2.24) is 0 Å². The molecule has 0 aliphatic rings. The van der Waals surface area contributed by atoms with Gasteiger partial charge in [-0.2, -0.15) is 5.26 Å². The van der Waals surface area contributed by atoms with Crippen LogP contribution in [0.3, 0.4) is 0 Å². The van der Waals surface area contributed by atoms with Crippen molar-refractivity contribution in [2.24, 2.45) is 0 Å². The van der Waals surface area contributed by atoms with Gasteiger partial charge in [0.05, 0.1) is 12.1 Å². The molecule has 1 rings (SSSR count). The zero-order valence-electron chi connectivity index (χ0n) is 7.95. The van der Waals surface area contributed by atoms with E-state index >= 15 is 0 Å². The Morgan fingerprint density at radius 3 is 2.71 bits per heavy atom. The third kappa shape index (κ3) is 2.54. The Hall–Kier alpha value is -1.40. The molecule has 1 aromatic rings. The molecule has 0 amide bonds. The van der Waals surface area contributed by atoms with Crippen LogP contribution in [0.2, 0.25) is 5.02 Å². The van der Waals surface area contributed by atoms with Gasteiger partial charge in [0.2, 0.25) is 0 Å². The van der Waals surface area contributed by atoms with E-state index in [9.17, 15) is 0 Å². The largest absolute Gasteiger partial charge is 0.497 e. The van der Waals surface area contributed by atoms with Crippen molar-refractivity contribution in [2.45, 2.75) is 13.0 Å². The molecule has 0 heterocycles. The van der Waals surface area contributed by atoms with E-state index in [0.717, 1.165) is 0 Å². The highest BCUT2D eigenvalue weighted by Crippen LogP contribution is 2.29. The third-order valence-electron chi connectivity index (χ3n) is 1.62. The zero-order chi connectivity index (χ0) is 10.6. The van der Waals surface area contributed by atoms with E-state index in [4.69, 9.17) is 26.3 Å². The van der Waals surface area contributed by atoms with Crippen LogP contribution in [0.5, 0.6) is 11.5 Å². The molecule has 1 atom stereocenters. The van der Waals surface area contributed by atoms with Crippen LogP contribution in [0.25, 0.3) is 0 Å². The maximum absolute atomic E-state index is 8.54. The summed E-state index contributed by atoms with van der Waals surface area (Å²) in [4.78, 5) is 0. The van der Waals surface area contributed by atoms with Crippen LogP contribution in [0.15, 0.2) is 18.2 Å². The molecular formula is C10H10ClNO2. The van der Waals surface area contributed by atoms with E-state index < -0.39 is 6.10 Å². The maximum Gasteiger partial charge on any atom is 0.181 e. The highest BCUT2D eigenvalue weighted by molar-refractivity contribution is 6.32. The van der Waals surface area contributed by atoms with Crippen molar-refractivity contribution in [3.63, 3.8) is 0 Å². The van der Waals surface area contributed by atoms with Crippen molar-refractivity contribution in [2.75, 3.05) is 7.11 Å². The first-order valence-electron chi connectivity index (χ1n) is 4.07. The van der Waals surface area contributed by atoms with Crippen molar-refractivity contribution < 1.29 is 9.47 Å². The molecule has 14 heavy (non-hydrogen) atoms. The van der Waals surface area contributed by atoms with E-state index in [1.165, 1.54) is 0 Å². The van der Waals surface area contributed by atoms with Gasteiger partial charge in [-0.05, 0) is 19.1 Å². The Morgan fingerprint density at radius 1 is 1.50 bits per heavy atom. The fourth-order valence-corrected chi connectivity index (χ4v) is 1.14. The number of hydrogen-bond donors (Lipinski definition) is 0. The normalized spacial score (nSPS) is 11.6. The van der Waals surface area contributed by atoms with Crippen LogP contribution in [-0.2, 0) is 0 Å².